The van der Waals surface area contributed by atoms with Crippen LogP contribution in [0.4, 0.5) is 0 Å². The van der Waals surface area contributed by atoms with Crippen LogP contribution in [0.2, 0.25) is 0 Å². The third-order valence-electron chi connectivity index (χ3n) is 6.30. The second kappa shape index (κ2) is 11.5. The van der Waals surface area contributed by atoms with E-state index in [9.17, 15) is 0 Å². The molecule has 0 radical (unpaired) electrons. The maximum Gasteiger partial charge on any atom is 0.00390 e. The second-order valence-electron chi connectivity index (χ2n) is 8.78. The molecule has 0 heterocycles. The lowest BCUT2D eigenvalue weighted by atomic mass is 9.68. The van der Waals surface area contributed by atoms with Gasteiger partial charge >= 0.3 is 0 Å². The average molecular weight is 325 g/mol. The van der Waals surface area contributed by atoms with Gasteiger partial charge in [-0.25, -0.2) is 0 Å². The highest BCUT2D eigenvalue weighted by Crippen LogP contribution is 2.41. The van der Waals surface area contributed by atoms with Crippen LogP contribution in [0.1, 0.15) is 111 Å². The lowest BCUT2D eigenvalue weighted by Crippen LogP contribution is -2.33. The largest absolute Gasteiger partial charge is 0.328 e. The monoisotopic (exact) mass is 324 g/mol. The summed E-state index contributed by atoms with van der Waals surface area (Å²) in [5.74, 6) is 0.907. The Kier molecular flexibility index (Phi) is 10.5. The fourth-order valence-electron chi connectivity index (χ4n) is 4.18. The van der Waals surface area contributed by atoms with Gasteiger partial charge < -0.3 is 11.5 Å². The number of hydrogen-bond donors (Lipinski definition) is 2. The molecule has 2 heteroatoms. The highest BCUT2D eigenvalue weighted by molar-refractivity contribution is 4.84. The maximum atomic E-state index is 6.05. The first-order chi connectivity index (χ1) is 11.0. The van der Waals surface area contributed by atoms with E-state index in [4.69, 9.17) is 11.5 Å². The minimum absolute atomic E-state index is 0.437. The summed E-state index contributed by atoms with van der Waals surface area (Å²) in [5.41, 5.74) is 12.5. The van der Waals surface area contributed by atoms with Gasteiger partial charge in [0, 0.05) is 12.1 Å². The van der Waals surface area contributed by atoms with E-state index in [2.05, 4.69) is 20.8 Å². The fourth-order valence-corrected chi connectivity index (χ4v) is 4.18. The zero-order valence-corrected chi connectivity index (χ0v) is 16.3. The van der Waals surface area contributed by atoms with Crippen molar-refractivity contribution in [2.75, 3.05) is 0 Å². The predicted molar refractivity (Wildman–Crippen MR) is 104 cm³/mol. The van der Waals surface area contributed by atoms with Crippen LogP contribution in [-0.4, -0.2) is 12.1 Å². The Hall–Kier alpha value is -0.0800. The van der Waals surface area contributed by atoms with Crippen LogP contribution in [0.15, 0.2) is 0 Å². The normalized spacial score (nSPS) is 23.9. The maximum absolute atomic E-state index is 6.05. The first kappa shape index (κ1) is 21.0. The summed E-state index contributed by atoms with van der Waals surface area (Å²) in [4.78, 5) is 0. The van der Waals surface area contributed by atoms with Crippen LogP contribution in [0.5, 0.6) is 0 Å². The Morgan fingerprint density at radius 1 is 0.870 bits per heavy atom. The Bertz CT molecular complexity index is 280. The minimum Gasteiger partial charge on any atom is -0.328 e. The lowest BCUT2D eigenvalue weighted by molar-refractivity contribution is 0.135. The van der Waals surface area contributed by atoms with Crippen molar-refractivity contribution < 1.29 is 0 Å². The van der Waals surface area contributed by atoms with E-state index in [1.165, 1.54) is 83.5 Å². The standard InChI is InChI=1S/C21H44N2/c1-4-19(22)12-10-8-6-5-7-9-11-17-21(2,3)18-13-15-20(23)16-14-18/h18-20H,4-17,22-23H2,1-3H3. The molecule has 0 saturated heterocycles. The van der Waals surface area contributed by atoms with E-state index in [1.54, 1.807) is 0 Å². The molecule has 23 heavy (non-hydrogen) atoms. The molecule has 1 aliphatic carbocycles. The molecule has 1 saturated carbocycles. The van der Waals surface area contributed by atoms with Gasteiger partial charge in [0.25, 0.3) is 0 Å². The first-order valence-corrected chi connectivity index (χ1v) is 10.5. The molecule has 0 spiro atoms. The predicted octanol–water partition coefficient (Wildman–Crippen LogP) is 5.78. The molecule has 1 fully saturated rings. The van der Waals surface area contributed by atoms with Gasteiger partial charge in [0.2, 0.25) is 0 Å². The van der Waals surface area contributed by atoms with Gasteiger partial charge in [-0.15, -0.1) is 0 Å². The molecule has 4 N–H and O–H groups in total. The molecule has 0 amide bonds. The van der Waals surface area contributed by atoms with E-state index in [-0.39, 0.29) is 0 Å². The fraction of sp³-hybridized carbons (Fsp3) is 1.00. The molecule has 0 aromatic carbocycles. The highest BCUT2D eigenvalue weighted by Gasteiger charge is 2.31. The molecule has 1 atom stereocenters. The van der Waals surface area contributed by atoms with Crippen LogP contribution in [0.3, 0.4) is 0 Å². The molecule has 0 aromatic rings. The Morgan fingerprint density at radius 3 is 1.96 bits per heavy atom. The van der Waals surface area contributed by atoms with Crippen molar-refractivity contribution in [2.45, 2.75) is 123 Å². The van der Waals surface area contributed by atoms with E-state index in [1.807, 2.05) is 0 Å². The van der Waals surface area contributed by atoms with Crippen molar-refractivity contribution in [1.29, 1.82) is 0 Å². The van der Waals surface area contributed by atoms with Crippen LogP contribution < -0.4 is 11.5 Å². The molecule has 0 aliphatic heterocycles. The van der Waals surface area contributed by atoms with Gasteiger partial charge in [0.05, 0.1) is 0 Å². The minimum atomic E-state index is 0.437. The van der Waals surface area contributed by atoms with Gasteiger partial charge in [0.1, 0.15) is 0 Å². The van der Waals surface area contributed by atoms with Crippen molar-refractivity contribution in [3.63, 3.8) is 0 Å². The van der Waals surface area contributed by atoms with Gasteiger partial charge in [0.15, 0.2) is 0 Å². The summed E-state index contributed by atoms with van der Waals surface area (Å²) in [5, 5.41) is 0. The first-order valence-electron chi connectivity index (χ1n) is 10.5. The van der Waals surface area contributed by atoms with Crippen LogP contribution in [-0.2, 0) is 0 Å². The van der Waals surface area contributed by atoms with E-state index in [0.717, 1.165) is 12.3 Å². The number of hydrogen-bond acceptors (Lipinski definition) is 2. The summed E-state index contributed by atoms with van der Waals surface area (Å²) in [6, 6.07) is 0.917. The summed E-state index contributed by atoms with van der Waals surface area (Å²) in [6.45, 7) is 7.17. The van der Waals surface area contributed by atoms with Crippen molar-refractivity contribution in [3.8, 4) is 0 Å². The zero-order chi connectivity index (χ0) is 17.1. The van der Waals surface area contributed by atoms with Crippen LogP contribution >= 0.6 is 0 Å². The van der Waals surface area contributed by atoms with E-state index < -0.39 is 0 Å². The summed E-state index contributed by atoms with van der Waals surface area (Å²) >= 11 is 0. The van der Waals surface area contributed by atoms with Crippen molar-refractivity contribution in [1.82, 2.24) is 0 Å². The van der Waals surface area contributed by atoms with Crippen molar-refractivity contribution in [2.24, 2.45) is 22.8 Å². The topological polar surface area (TPSA) is 52.0 Å². The molecule has 1 aliphatic rings. The average Bonchev–Trinajstić information content (AvgIpc) is 2.53. The molecular weight excluding hydrogens is 280 g/mol. The molecule has 0 bridgehead atoms. The van der Waals surface area contributed by atoms with E-state index >= 15 is 0 Å². The Balaban J connectivity index is 1.97. The van der Waals surface area contributed by atoms with E-state index in [0.29, 0.717) is 17.5 Å². The zero-order valence-electron chi connectivity index (χ0n) is 16.3. The van der Waals surface area contributed by atoms with Crippen molar-refractivity contribution >= 4 is 0 Å². The Morgan fingerprint density at radius 2 is 1.39 bits per heavy atom. The van der Waals surface area contributed by atoms with Gasteiger partial charge in [-0.1, -0.05) is 65.7 Å². The third-order valence-corrected chi connectivity index (χ3v) is 6.30. The van der Waals surface area contributed by atoms with Gasteiger partial charge in [-0.3, -0.25) is 0 Å². The quantitative estimate of drug-likeness (QED) is 0.447. The number of nitrogens with two attached hydrogens (primary N) is 2. The van der Waals surface area contributed by atoms with Crippen molar-refractivity contribution in [3.05, 3.63) is 0 Å². The molecule has 2 nitrogen and oxygen atoms in total. The van der Waals surface area contributed by atoms with Crippen LogP contribution in [0.25, 0.3) is 0 Å². The number of unbranched alkanes of at least 4 members (excludes halogenated alkanes) is 6. The molecule has 138 valence electrons. The molecule has 1 unspecified atom stereocenters. The SMILES string of the molecule is CCC(N)CCCCCCCCCC(C)(C)C1CCC(N)CC1. The third kappa shape index (κ3) is 9.10. The Labute approximate surface area is 146 Å². The summed E-state index contributed by atoms with van der Waals surface area (Å²) < 4.78 is 0. The summed E-state index contributed by atoms with van der Waals surface area (Å²) in [6.07, 6.45) is 18.7. The lowest BCUT2D eigenvalue weighted by Gasteiger charge is -2.39. The van der Waals surface area contributed by atoms with Gasteiger partial charge in [-0.2, -0.15) is 0 Å². The highest BCUT2D eigenvalue weighted by atomic mass is 14.6. The van der Waals surface area contributed by atoms with Gasteiger partial charge in [-0.05, 0) is 56.3 Å². The van der Waals surface area contributed by atoms with Crippen LogP contribution in [0, 0.1) is 11.3 Å². The molecular formula is C21H44N2. The number of rotatable bonds is 12. The summed E-state index contributed by atoms with van der Waals surface area (Å²) in [7, 11) is 0. The smallest absolute Gasteiger partial charge is 0.00390 e. The molecule has 1 rings (SSSR count). The molecule has 0 aromatic heterocycles. The second-order valence-corrected chi connectivity index (χ2v) is 8.78.